The molecule has 0 aliphatic heterocycles. The van der Waals surface area contributed by atoms with Gasteiger partial charge in [0.15, 0.2) is 0 Å². The molecule has 1 N–H and O–H groups in total. The molecule has 0 fully saturated rings. The van der Waals surface area contributed by atoms with Crippen LogP contribution in [0.15, 0.2) is 12.7 Å². The summed E-state index contributed by atoms with van der Waals surface area (Å²) < 4.78 is 49.2. The molecule has 0 radical (unpaired) electrons. The minimum absolute atomic E-state index is 0.0732. The fourth-order valence-electron chi connectivity index (χ4n) is 1.27. The normalized spacial score (nSPS) is 12.8. The van der Waals surface area contributed by atoms with E-state index in [1.807, 2.05) is 6.92 Å². The molecule has 0 spiro atoms. The van der Waals surface area contributed by atoms with Crippen molar-refractivity contribution < 1.29 is 16.8 Å². The highest BCUT2D eigenvalue weighted by atomic mass is 32.2. The highest BCUT2D eigenvalue weighted by Gasteiger charge is 2.16. The lowest BCUT2D eigenvalue weighted by atomic mass is 10.4. The van der Waals surface area contributed by atoms with Crippen molar-refractivity contribution in [1.29, 1.82) is 0 Å². The van der Waals surface area contributed by atoms with Crippen molar-refractivity contribution in [3.8, 4) is 0 Å². The van der Waals surface area contributed by atoms with E-state index in [0.29, 0.717) is 6.42 Å². The second-order valence-corrected chi connectivity index (χ2v) is 7.89. The predicted molar refractivity (Wildman–Crippen MR) is 73.3 cm³/mol. The van der Waals surface area contributed by atoms with Gasteiger partial charge in [-0.2, -0.15) is 4.31 Å². The Morgan fingerprint density at radius 1 is 1.28 bits per heavy atom. The molecule has 0 aromatic carbocycles. The van der Waals surface area contributed by atoms with Gasteiger partial charge in [0, 0.05) is 19.6 Å². The SMILES string of the molecule is C=CCN(CCNS(=O)(=O)CCCC)S(C)(=O)=O. The van der Waals surface area contributed by atoms with Gasteiger partial charge in [-0.3, -0.25) is 0 Å². The molecular formula is C10H22N2O4S2. The average Bonchev–Trinajstić information content (AvgIpc) is 2.24. The van der Waals surface area contributed by atoms with Gasteiger partial charge in [0.2, 0.25) is 20.0 Å². The van der Waals surface area contributed by atoms with Crippen LogP contribution in [0.5, 0.6) is 0 Å². The van der Waals surface area contributed by atoms with E-state index in [2.05, 4.69) is 11.3 Å². The Morgan fingerprint density at radius 2 is 1.89 bits per heavy atom. The average molecular weight is 298 g/mol. The van der Waals surface area contributed by atoms with E-state index < -0.39 is 20.0 Å². The number of sulfonamides is 2. The molecule has 0 aromatic heterocycles. The quantitative estimate of drug-likeness (QED) is 0.582. The Kier molecular flexibility index (Phi) is 7.69. The van der Waals surface area contributed by atoms with E-state index in [-0.39, 0.29) is 25.4 Å². The maximum atomic E-state index is 11.5. The highest BCUT2D eigenvalue weighted by Crippen LogP contribution is 1.98. The molecule has 6 nitrogen and oxygen atoms in total. The molecule has 0 aromatic rings. The van der Waals surface area contributed by atoms with Gasteiger partial charge in [-0.25, -0.2) is 21.6 Å². The molecule has 0 unspecified atom stereocenters. The first-order valence-electron chi connectivity index (χ1n) is 5.76. The van der Waals surface area contributed by atoms with Crippen LogP contribution in [0.25, 0.3) is 0 Å². The molecule has 0 atom stereocenters. The van der Waals surface area contributed by atoms with Gasteiger partial charge in [0.25, 0.3) is 0 Å². The van der Waals surface area contributed by atoms with Crippen LogP contribution in [0.3, 0.4) is 0 Å². The first-order chi connectivity index (χ1) is 8.23. The molecule has 0 aliphatic carbocycles. The maximum Gasteiger partial charge on any atom is 0.211 e. The van der Waals surface area contributed by atoms with Crippen molar-refractivity contribution in [1.82, 2.24) is 9.03 Å². The standard InChI is InChI=1S/C10H22N2O4S2/c1-4-6-10-18(15,16)11-7-9-12(8-5-2)17(3,13)14/h5,11H,2,4,6-10H2,1,3H3. The van der Waals surface area contributed by atoms with E-state index in [9.17, 15) is 16.8 Å². The summed E-state index contributed by atoms with van der Waals surface area (Å²) in [5, 5.41) is 0. The van der Waals surface area contributed by atoms with Crippen molar-refractivity contribution in [2.24, 2.45) is 0 Å². The molecule has 18 heavy (non-hydrogen) atoms. The van der Waals surface area contributed by atoms with Crippen molar-refractivity contribution in [3.05, 3.63) is 12.7 Å². The van der Waals surface area contributed by atoms with E-state index in [4.69, 9.17) is 0 Å². The summed E-state index contributed by atoms with van der Waals surface area (Å²) in [4.78, 5) is 0. The maximum absolute atomic E-state index is 11.5. The number of nitrogens with zero attached hydrogens (tertiary/aromatic N) is 1. The van der Waals surface area contributed by atoms with E-state index in [0.717, 1.165) is 12.7 Å². The molecule has 108 valence electrons. The zero-order valence-corrected chi connectivity index (χ0v) is 12.6. The van der Waals surface area contributed by atoms with Crippen LogP contribution in [0.2, 0.25) is 0 Å². The zero-order chi connectivity index (χ0) is 14.2. The molecule has 0 amide bonds. The van der Waals surface area contributed by atoms with Gasteiger partial charge in [-0.05, 0) is 6.42 Å². The first-order valence-corrected chi connectivity index (χ1v) is 9.26. The smallest absolute Gasteiger partial charge is 0.211 e. The van der Waals surface area contributed by atoms with Crippen LogP contribution in [0, 0.1) is 0 Å². The van der Waals surface area contributed by atoms with Crippen LogP contribution in [0.1, 0.15) is 19.8 Å². The fourth-order valence-corrected chi connectivity index (χ4v) is 3.28. The summed E-state index contributed by atoms with van der Waals surface area (Å²) in [6.45, 7) is 5.73. The van der Waals surface area contributed by atoms with Crippen molar-refractivity contribution in [2.75, 3.05) is 31.6 Å². The molecule has 0 saturated heterocycles. The zero-order valence-electron chi connectivity index (χ0n) is 10.9. The van der Waals surface area contributed by atoms with Crippen molar-refractivity contribution >= 4 is 20.0 Å². The van der Waals surface area contributed by atoms with Gasteiger partial charge in [-0.15, -0.1) is 6.58 Å². The summed E-state index contributed by atoms with van der Waals surface area (Å²) >= 11 is 0. The number of hydrogen-bond acceptors (Lipinski definition) is 4. The number of nitrogens with one attached hydrogen (secondary N) is 1. The Labute approximate surface area is 110 Å². The van der Waals surface area contributed by atoms with Crippen LogP contribution in [-0.4, -0.2) is 52.8 Å². The summed E-state index contributed by atoms with van der Waals surface area (Å²) in [6, 6.07) is 0. The Morgan fingerprint density at radius 3 is 2.33 bits per heavy atom. The van der Waals surface area contributed by atoms with Crippen LogP contribution < -0.4 is 4.72 Å². The number of hydrogen-bond donors (Lipinski definition) is 1. The van der Waals surface area contributed by atoms with Gasteiger partial charge < -0.3 is 0 Å². The van der Waals surface area contributed by atoms with Gasteiger partial charge in [0.05, 0.1) is 12.0 Å². The van der Waals surface area contributed by atoms with Crippen molar-refractivity contribution in [2.45, 2.75) is 19.8 Å². The number of unbranched alkanes of at least 4 members (excludes halogenated alkanes) is 1. The van der Waals surface area contributed by atoms with Gasteiger partial charge in [-0.1, -0.05) is 19.4 Å². The lowest BCUT2D eigenvalue weighted by Crippen LogP contribution is -2.38. The highest BCUT2D eigenvalue weighted by molar-refractivity contribution is 7.89. The molecule has 0 aliphatic rings. The van der Waals surface area contributed by atoms with E-state index in [1.54, 1.807) is 0 Å². The fraction of sp³-hybridized carbons (Fsp3) is 0.800. The number of rotatable bonds is 10. The minimum Gasteiger partial charge on any atom is -0.214 e. The predicted octanol–water partition coefficient (Wildman–Crippen LogP) is 0.154. The van der Waals surface area contributed by atoms with Crippen molar-refractivity contribution in [3.63, 3.8) is 0 Å². The van der Waals surface area contributed by atoms with Crippen LogP contribution in [0.4, 0.5) is 0 Å². The molecule has 0 rings (SSSR count). The minimum atomic E-state index is -3.33. The van der Waals surface area contributed by atoms with Gasteiger partial charge >= 0.3 is 0 Å². The molecular weight excluding hydrogens is 276 g/mol. The molecule has 0 saturated carbocycles. The summed E-state index contributed by atoms with van der Waals surface area (Å²) in [5.74, 6) is 0.0732. The second kappa shape index (κ2) is 7.88. The Hall–Kier alpha value is -0.440. The second-order valence-electron chi connectivity index (χ2n) is 3.98. The van der Waals surface area contributed by atoms with Crippen LogP contribution >= 0.6 is 0 Å². The van der Waals surface area contributed by atoms with Crippen LogP contribution in [-0.2, 0) is 20.0 Å². The lowest BCUT2D eigenvalue weighted by molar-refractivity contribution is 0.447. The van der Waals surface area contributed by atoms with E-state index >= 15 is 0 Å². The Bertz CT molecular complexity index is 442. The van der Waals surface area contributed by atoms with E-state index in [1.165, 1.54) is 10.4 Å². The lowest BCUT2D eigenvalue weighted by Gasteiger charge is -2.18. The first kappa shape index (κ1) is 17.6. The molecule has 0 heterocycles. The third-order valence-electron chi connectivity index (χ3n) is 2.25. The third-order valence-corrected chi connectivity index (χ3v) is 4.99. The molecule has 8 heteroatoms. The summed E-state index contributed by atoms with van der Waals surface area (Å²) in [5.41, 5.74) is 0. The monoisotopic (exact) mass is 298 g/mol. The van der Waals surface area contributed by atoms with Gasteiger partial charge in [0.1, 0.15) is 0 Å². The summed E-state index contributed by atoms with van der Waals surface area (Å²) in [7, 11) is -6.63. The largest absolute Gasteiger partial charge is 0.214 e. The summed E-state index contributed by atoms with van der Waals surface area (Å²) in [6.07, 6.45) is 3.94. The topological polar surface area (TPSA) is 83.6 Å². The third kappa shape index (κ3) is 7.80. The Balaban J connectivity index is 4.27. The molecule has 0 bridgehead atoms.